The van der Waals surface area contributed by atoms with Gasteiger partial charge >= 0.3 is 0 Å². The van der Waals surface area contributed by atoms with Crippen LogP contribution < -0.4 is 0 Å². The number of hydrogen-bond donors (Lipinski definition) is 1. The molecular formula is C13H14N4. The lowest BCUT2D eigenvalue weighted by Crippen LogP contribution is -2.02. The molecule has 0 spiro atoms. The molecule has 4 heteroatoms. The lowest BCUT2D eigenvalue weighted by molar-refractivity contribution is 0.614. The second kappa shape index (κ2) is 4.05. The van der Waals surface area contributed by atoms with Crippen molar-refractivity contribution >= 4 is 10.9 Å². The molecule has 17 heavy (non-hydrogen) atoms. The Morgan fingerprint density at radius 1 is 1.35 bits per heavy atom. The molecule has 0 unspecified atom stereocenters. The molecule has 0 fully saturated rings. The normalized spacial score (nSPS) is 11.1. The largest absolute Gasteiger partial charge is 0.278 e. The van der Waals surface area contributed by atoms with Crippen LogP contribution in [-0.4, -0.2) is 20.0 Å². The monoisotopic (exact) mass is 226 g/mol. The number of aryl methyl sites for hydroxylation is 3. The molecule has 0 atom stereocenters. The van der Waals surface area contributed by atoms with Crippen LogP contribution in [-0.2, 0) is 13.0 Å². The molecule has 0 saturated heterocycles. The van der Waals surface area contributed by atoms with Crippen molar-refractivity contribution in [2.24, 2.45) is 0 Å². The minimum atomic E-state index is 0.910. The maximum absolute atomic E-state index is 4.21. The molecule has 2 heterocycles. The third-order valence-electron chi connectivity index (χ3n) is 3.07. The van der Waals surface area contributed by atoms with Crippen LogP contribution in [0.15, 0.2) is 36.8 Å². The van der Waals surface area contributed by atoms with Crippen molar-refractivity contribution in [2.75, 3.05) is 0 Å². The molecule has 0 radical (unpaired) electrons. The smallest absolute Gasteiger partial charge is 0.0653 e. The molecule has 1 N–H and O–H groups in total. The molecule has 0 saturated carbocycles. The van der Waals surface area contributed by atoms with Gasteiger partial charge in [-0.2, -0.15) is 10.2 Å². The van der Waals surface area contributed by atoms with E-state index >= 15 is 0 Å². The van der Waals surface area contributed by atoms with Gasteiger partial charge in [-0.15, -0.1) is 0 Å². The summed E-state index contributed by atoms with van der Waals surface area (Å²) in [6, 6.07) is 6.31. The first-order chi connectivity index (χ1) is 8.33. The standard InChI is InChI=1S/C13H14N4/c1-10-7-12-9-14-16-13(12)8-11(10)3-6-17-5-2-4-15-17/h2,4-5,7-9H,3,6H2,1H3,(H,14,16). The van der Waals surface area contributed by atoms with Gasteiger partial charge in [0.15, 0.2) is 0 Å². The average molecular weight is 226 g/mol. The fraction of sp³-hybridized carbons (Fsp3) is 0.231. The number of fused-ring (bicyclic) bond motifs is 1. The van der Waals surface area contributed by atoms with E-state index in [1.54, 1.807) is 0 Å². The minimum absolute atomic E-state index is 0.910. The topological polar surface area (TPSA) is 46.5 Å². The van der Waals surface area contributed by atoms with Crippen molar-refractivity contribution in [2.45, 2.75) is 19.9 Å². The first kappa shape index (κ1) is 10.1. The molecule has 0 bridgehead atoms. The Balaban J connectivity index is 1.86. The van der Waals surface area contributed by atoms with Gasteiger partial charge in [0.05, 0.1) is 11.7 Å². The van der Waals surface area contributed by atoms with E-state index in [2.05, 4.69) is 34.4 Å². The summed E-state index contributed by atoms with van der Waals surface area (Å²) in [5, 5.41) is 12.4. The van der Waals surface area contributed by atoms with E-state index in [4.69, 9.17) is 0 Å². The molecule has 0 aliphatic heterocycles. The van der Waals surface area contributed by atoms with Crippen molar-refractivity contribution in [3.05, 3.63) is 47.9 Å². The Morgan fingerprint density at radius 3 is 3.12 bits per heavy atom. The zero-order valence-electron chi connectivity index (χ0n) is 9.72. The van der Waals surface area contributed by atoms with Gasteiger partial charge in [0.2, 0.25) is 0 Å². The van der Waals surface area contributed by atoms with Crippen LogP contribution in [0.4, 0.5) is 0 Å². The van der Waals surface area contributed by atoms with E-state index in [1.165, 1.54) is 16.5 Å². The van der Waals surface area contributed by atoms with Crippen LogP contribution in [0.5, 0.6) is 0 Å². The van der Waals surface area contributed by atoms with Crippen molar-refractivity contribution in [3.63, 3.8) is 0 Å². The fourth-order valence-electron chi connectivity index (χ4n) is 2.09. The first-order valence-electron chi connectivity index (χ1n) is 5.73. The van der Waals surface area contributed by atoms with Gasteiger partial charge in [-0.1, -0.05) is 0 Å². The predicted molar refractivity (Wildman–Crippen MR) is 66.8 cm³/mol. The summed E-state index contributed by atoms with van der Waals surface area (Å²) in [6.07, 6.45) is 6.65. The van der Waals surface area contributed by atoms with Gasteiger partial charge < -0.3 is 0 Å². The molecule has 3 aromatic rings. The number of aromatic amines is 1. The molecule has 2 aromatic heterocycles. The molecule has 0 amide bonds. The van der Waals surface area contributed by atoms with E-state index in [-0.39, 0.29) is 0 Å². The first-order valence-corrected chi connectivity index (χ1v) is 5.73. The number of benzene rings is 1. The molecule has 3 rings (SSSR count). The van der Waals surface area contributed by atoms with Crippen molar-refractivity contribution in [3.8, 4) is 0 Å². The van der Waals surface area contributed by atoms with Gasteiger partial charge in [-0.3, -0.25) is 9.78 Å². The average Bonchev–Trinajstić information content (AvgIpc) is 2.95. The van der Waals surface area contributed by atoms with Gasteiger partial charge in [0, 0.05) is 24.3 Å². The minimum Gasteiger partial charge on any atom is -0.278 e. The highest BCUT2D eigenvalue weighted by atomic mass is 15.3. The van der Waals surface area contributed by atoms with Gasteiger partial charge in [0.25, 0.3) is 0 Å². The Kier molecular flexibility index (Phi) is 2.40. The summed E-state index contributed by atoms with van der Waals surface area (Å²) in [6.45, 7) is 3.05. The summed E-state index contributed by atoms with van der Waals surface area (Å²) in [5.41, 5.74) is 3.76. The van der Waals surface area contributed by atoms with E-state index in [9.17, 15) is 0 Å². The Bertz CT molecular complexity index is 622. The highest BCUT2D eigenvalue weighted by Gasteiger charge is 2.03. The molecule has 4 nitrogen and oxygen atoms in total. The number of nitrogens with zero attached hydrogens (tertiary/aromatic N) is 3. The summed E-state index contributed by atoms with van der Waals surface area (Å²) >= 11 is 0. The summed E-state index contributed by atoms with van der Waals surface area (Å²) in [4.78, 5) is 0. The van der Waals surface area contributed by atoms with E-state index in [1.807, 2.05) is 29.3 Å². The van der Waals surface area contributed by atoms with Crippen molar-refractivity contribution in [1.29, 1.82) is 0 Å². The van der Waals surface area contributed by atoms with Crippen molar-refractivity contribution in [1.82, 2.24) is 20.0 Å². The molecular weight excluding hydrogens is 212 g/mol. The second-order valence-corrected chi connectivity index (χ2v) is 4.26. The summed E-state index contributed by atoms with van der Waals surface area (Å²) in [5.74, 6) is 0. The fourth-order valence-corrected chi connectivity index (χ4v) is 2.09. The third kappa shape index (κ3) is 1.93. The molecule has 0 aliphatic carbocycles. The van der Waals surface area contributed by atoms with E-state index in [0.29, 0.717) is 0 Å². The number of hydrogen-bond acceptors (Lipinski definition) is 2. The quantitative estimate of drug-likeness (QED) is 0.745. The van der Waals surface area contributed by atoms with Crippen molar-refractivity contribution < 1.29 is 0 Å². The van der Waals surface area contributed by atoms with Gasteiger partial charge in [0.1, 0.15) is 0 Å². The zero-order chi connectivity index (χ0) is 11.7. The van der Waals surface area contributed by atoms with Crippen LogP contribution in [0.3, 0.4) is 0 Å². The maximum Gasteiger partial charge on any atom is 0.0653 e. The van der Waals surface area contributed by atoms with E-state index in [0.717, 1.165) is 18.5 Å². The van der Waals surface area contributed by atoms with Gasteiger partial charge in [-0.25, -0.2) is 0 Å². The van der Waals surface area contributed by atoms with E-state index < -0.39 is 0 Å². The Hall–Kier alpha value is -2.10. The van der Waals surface area contributed by atoms with Crippen LogP contribution in [0, 0.1) is 6.92 Å². The van der Waals surface area contributed by atoms with Crippen LogP contribution in [0.1, 0.15) is 11.1 Å². The number of rotatable bonds is 3. The lowest BCUT2D eigenvalue weighted by Gasteiger charge is -2.06. The lowest BCUT2D eigenvalue weighted by atomic mass is 10.0. The summed E-state index contributed by atoms with van der Waals surface area (Å²) in [7, 11) is 0. The molecule has 1 aromatic carbocycles. The Morgan fingerprint density at radius 2 is 2.29 bits per heavy atom. The predicted octanol–water partition coefficient (Wildman–Crippen LogP) is 2.31. The molecule has 0 aliphatic rings. The van der Waals surface area contributed by atoms with Gasteiger partial charge in [-0.05, 0) is 42.7 Å². The zero-order valence-corrected chi connectivity index (χ0v) is 9.72. The highest BCUT2D eigenvalue weighted by molar-refractivity contribution is 5.79. The SMILES string of the molecule is Cc1cc2cn[nH]c2cc1CCn1cccn1. The second-order valence-electron chi connectivity index (χ2n) is 4.26. The molecule has 86 valence electrons. The number of H-pyrrole nitrogens is 1. The van der Waals surface area contributed by atoms with Crippen LogP contribution in [0.25, 0.3) is 10.9 Å². The third-order valence-corrected chi connectivity index (χ3v) is 3.07. The summed E-state index contributed by atoms with van der Waals surface area (Å²) < 4.78 is 1.95. The van der Waals surface area contributed by atoms with Crippen LogP contribution >= 0.6 is 0 Å². The number of nitrogens with one attached hydrogen (secondary N) is 1. The maximum atomic E-state index is 4.21. The highest BCUT2D eigenvalue weighted by Crippen LogP contribution is 2.18. The number of aromatic nitrogens is 4. The van der Waals surface area contributed by atoms with Crippen LogP contribution in [0.2, 0.25) is 0 Å². The Labute approximate surface area is 99.3 Å².